The predicted octanol–water partition coefficient (Wildman–Crippen LogP) is 9.53. The fourth-order valence-corrected chi connectivity index (χ4v) is 5.49. The molecule has 0 amide bonds. The van der Waals surface area contributed by atoms with Crippen LogP contribution >= 0.6 is 7.82 Å². The molecule has 0 aromatic heterocycles. The summed E-state index contributed by atoms with van der Waals surface area (Å²) in [4.78, 5) is 0. The molecule has 224 valence electrons. The van der Waals surface area contributed by atoms with Gasteiger partial charge in [0.05, 0.1) is 0 Å². The average molecular weight is 627 g/mol. The van der Waals surface area contributed by atoms with Gasteiger partial charge in [-0.1, -0.05) is 90.1 Å². The second-order valence-corrected chi connectivity index (χ2v) is 11.6. The van der Waals surface area contributed by atoms with Gasteiger partial charge in [-0.15, -0.1) is 0 Å². The summed E-state index contributed by atoms with van der Waals surface area (Å²) in [7, 11) is -4.23. The van der Waals surface area contributed by atoms with Crippen LogP contribution in [0.4, 0.5) is 0 Å². The zero-order chi connectivity index (χ0) is 32.2. The molecule has 0 radical (unpaired) electrons. The monoisotopic (exact) mass is 626 g/mol. The standard InChI is InChI=1S/C42H27O4P/c43-47(44-40-28-22-37(23-29-40)19-16-34-10-4-1-5-11-34,45-41-30-24-38(25-31-41)20-17-35-12-6-2-7-13-35)46-42-32-26-39(27-33-42)21-18-36-14-8-3-9-15-36/h1-15,22-33H. The summed E-state index contributed by atoms with van der Waals surface area (Å²) in [5.41, 5.74) is 5.06. The Morgan fingerprint density at radius 3 is 0.745 bits per heavy atom. The zero-order valence-corrected chi connectivity index (χ0v) is 26.1. The molecule has 0 unspecified atom stereocenters. The quantitative estimate of drug-likeness (QED) is 0.136. The molecule has 6 aromatic carbocycles. The van der Waals surface area contributed by atoms with Gasteiger partial charge in [0, 0.05) is 33.4 Å². The lowest BCUT2D eigenvalue weighted by Crippen LogP contribution is -2.07. The van der Waals surface area contributed by atoms with E-state index in [1.165, 1.54) is 0 Å². The summed E-state index contributed by atoms with van der Waals surface area (Å²) in [5.74, 6) is 19.6. The first-order chi connectivity index (χ1) is 23.1. The van der Waals surface area contributed by atoms with Gasteiger partial charge in [-0.05, 0) is 109 Å². The molecular weight excluding hydrogens is 599 g/mol. The Bertz CT molecular complexity index is 1910. The van der Waals surface area contributed by atoms with E-state index in [-0.39, 0.29) is 0 Å². The first-order valence-corrected chi connectivity index (χ1v) is 16.2. The van der Waals surface area contributed by atoms with Crippen molar-refractivity contribution in [2.45, 2.75) is 0 Å². The Hall–Kier alpha value is -6.37. The van der Waals surface area contributed by atoms with Gasteiger partial charge in [0.1, 0.15) is 17.2 Å². The highest BCUT2D eigenvalue weighted by Gasteiger charge is 2.33. The number of hydrogen-bond acceptors (Lipinski definition) is 4. The van der Waals surface area contributed by atoms with Crippen LogP contribution < -0.4 is 13.6 Å². The Labute approximate surface area is 275 Å². The van der Waals surface area contributed by atoms with E-state index in [1.54, 1.807) is 72.8 Å². The van der Waals surface area contributed by atoms with Crippen molar-refractivity contribution in [3.8, 4) is 52.8 Å². The molecule has 0 aliphatic heterocycles. The summed E-state index contributed by atoms with van der Waals surface area (Å²) in [6.07, 6.45) is 0. The van der Waals surface area contributed by atoms with E-state index in [4.69, 9.17) is 13.6 Å². The van der Waals surface area contributed by atoms with Crippen molar-refractivity contribution in [2.75, 3.05) is 0 Å². The highest BCUT2D eigenvalue weighted by Crippen LogP contribution is 2.49. The van der Waals surface area contributed by atoms with Gasteiger partial charge in [-0.25, -0.2) is 0 Å². The van der Waals surface area contributed by atoms with E-state index < -0.39 is 7.82 Å². The van der Waals surface area contributed by atoms with Crippen LogP contribution in [0.15, 0.2) is 164 Å². The molecule has 0 spiro atoms. The van der Waals surface area contributed by atoms with Crippen LogP contribution in [0.25, 0.3) is 0 Å². The Morgan fingerprint density at radius 2 is 0.511 bits per heavy atom. The van der Waals surface area contributed by atoms with Crippen molar-refractivity contribution in [1.82, 2.24) is 0 Å². The molecular formula is C42H27O4P. The maximum absolute atomic E-state index is 14.2. The third kappa shape index (κ3) is 9.31. The Morgan fingerprint density at radius 1 is 0.298 bits per heavy atom. The molecule has 0 aliphatic carbocycles. The first kappa shape index (κ1) is 30.6. The summed E-state index contributed by atoms with van der Waals surface area (Å²) < 4.78 is 31.9. The van der Waals surface area contributed by atoms with Crippen molar-refractivity contribution in [2.24, 2.45) is 0 Å². The summed E-state index contributed by atoms with van der Waals surface area (Å²) in [6.45, 7) is 0. The smallest absolute Gasteiger partial charge is 0.386 e. The van der Waals surface area contributed by atoms with Gasteiger partial charge in [-0.3, -0.25) is 0 Å². The molecule has 0 heterocycles. The number of phosphoric acid groups is 1. The van der Waals surface area contributed by atoms with Crippen molar-refractivity contribution >= 4 is 7.82 Å². The average Bonchev–Trinajstić information content (AvgIpc) is 3.12. The van der Waals surface area contributed by atoms with E-state index in [1.807, 2.05) is 91.0 Å². The molecule has 47 heavy (non-hydrogen) atoms. The molecule has 6 rings (SSSR count). The minimum Gasteiger partial charge on any atom is -0.386 e. The topological polar surface area (TPSA) is 44.8 Å². The van der Waals surface area contributed by atoms with Crippen molar-refractivity contribution in [3.05, 3.63) is 197 Å². The van der Waals surface area contributed by atoms with Gasteiger partial charge < -0.3 is 13.6 Å². The fraction of sp³-hybridized carbons (Fsp3) is 0. The molecule has 0 fully saturated rings. The fourth-order valence-electron chi connectivity index (χ4n) is 4.24. The van der Waals surface area contributed by atoms with Crippen LogP contribution in [0.2, 0.25) is 0 Å². The van der Waals surface area contributed by atoms with Gasteiger partial charge in [0.15, 0.2) is 0 Å². The van der Waals surface area contributed by atoms with E-state index in [9.17, 15) is 4.57 Å². The summed E-state index contributed by atoms with van der Waals surface area (Å²) >= 11 is 0. The molecule has 4 nitrogen and oxygen atoms in total. The second kappa shape index (κ2) is 15.1. The van der Waals surface area contributed by atoms with E-state index in [0.29, 0.717) is 17.2 Å². The van der Waals surface area contributed by atoms with Crippen LogP contribution in [-0.2, 0) is 4.57 Å². The van der Waals surface area contributed by atoms with Crippen molar-refractivity contribution in [1.29, 1.82) is 0 Å². The van der Waals surface area contributed by atoms with E-state index in [2.05, 4.69) is 35.5 Å². The molecule has 0 atom stereocenters. The van der Waals surface area contributed by atoms with Crippen LogP contribution in [-0.4, -0.2) is 0 Å². The van der Waals surface area contributed by atoms with Gasteiger partial charge in [0.25, 0.3) is 0 Å². The number of hydrogen-bond donors (Lipinski definition) is 0. The highest BCUT2D eigenvalue weighted by molar-refractivity contribution is 7.49. The van der Waals surface area contributed by atoms with Gasteiger partial charge >= 0.3 is 7.82 Å². The van der Waals surface area contributed by atoms with Crippen LogP contribution in [0.3, 0.4) is 0 Å². The van der Waals surface area contributed by atoms with Crippen LogP contribution in [0, 0.1) is 35.5 Å². The molecule has 0 saturated heterocycles. The lowest BCUT2D eigenvalue weighted by molar-refractivity contribution is 0.298. The number of benzene rings is 6. The third-order valence-corrected chi connectivity index (χ3v) is 7.89. The molecule has 0 N–H and O–H groups in total. The Balaban J connectivity index is 1.21. The maximum atomic E-state index is 14.2. The van der Waals surface area contributed by atoms with Crippen molar-refractivity contribution in [3.63, 3.8) is 0 Å². The zero-order valence-electron chi connectivity index (χ0n) is 25.2. The maximum Gasteiger partial charge on any atom is 0.647 e. The highest BCUT2D eigenvalue weighted by atomic mass is 31.2. The predicted molar refractivity (Wildman–Crippen MR) is 186 cm³/mol. The lowest BCUT2D eigenvalue weighted by atomic mass is 10.2. The largest absolute Gasteiger partial charge is 0.647 e. The second-order valence-electron chi connectivity index (χ2n) is 10.1. The van der Waals surface area contributed by atoms with E-state index >= 15 is 0 Å². The SMILES string of the molecule is O=P(Oc1ccc(C#Cc2ccccc2)cc1)(Oc1ccc(C#Cc2ccccc2)cc1)Oc1ccc(C#Cc2ccccc2)cc1. The summed E-state index contributed by atoms with van der Waals surface area (Å²) in [6, 6.07) is 50.0. The number of rotatable bonds is 6. The molecule has 0 aliphatic rings. The normalized spacial score (nSPS) is 10.1. The van der Waals surface area contributed by atoms with Crippen LogP contribution in [0.1, 0.15) is 33.4 Å². The molecule has 0 saturated carbocycles. The molecule has 0 bridgehead atoms. The van der Waals surface area contributed by atoms with Gasteiger partial charge in [0.2, 0.25) is 0 Å². The van der Waals surface area contributed by atoms with Gasteiger partial charge in [-0.2, -0.15) is 4.57 Å². The minimum atomic E-state index is -4.23. The Kier molecular flexibility index (Phi) is 9.83. The van der Waals surface area contributed by atoms with Crippen molar-refractivity contribution < 1.29 is 18.1 Å². The number of phosphoric ester groups is 1. The molecule has 6 aromatic rings. The van der Waals surface area contributed by atoms with Crippen LogP contribution in [0.5, 0.6) is 17.2 Å². The first-order valence-electron chi connectivity index (χ1n) is 14.8. The lowest BCUT2D eigenvalue weighted by Gasteiger charge is -2.19. The molecule has 5 heteroatoms. The minimum absolute atomic E-state index is 0.300. The van der Waals surface area contributed by atoms with E-state index in [0.717, 1.165) is 33.4 Å². The third-order valence-electron chi connectivity index (χ3n) is 6.59. The summed E-state index contributed by atoms with van der Waals surface area (Å²) in [5, 5.41) is 0.